The number of carbonyl (C=O) groups excluding carboxylic acids is 2. The smallest absolute Gasteiger partial charge is 0.243 e. The predicted molar refractivity (Wildman–Crippen MR) is 112 cm³/mol. The van der Waals surface area contributed by atoms with Gasteiger partial charge in [-0.1, -0.05) is 30.3 Å². The molecule has 1 fully saturated rings. The summed E-state index contributed by atoms with van der Waals surface area (Å²) in [5.41, 5.74) is 1.99. The van der Waals surface area contributed by atoms with Crippen LogP contribution in [0.15, 0.2) is 53.4 Å². The molecule has 0 unspecified atom stereocenters. The number of ether oxygens (including phenoxy) is 1. The van der Waals surface area contributed by atoms with Crippen LogP contribution in [0.3, 0.4) is 0 Å². The van der Waals surface area contributed by atoms with Gasteiger partial charge in [0, 0.05) is 32.2 Å². The van der Waals surface area contributed by atoms with Crippen molar-refractivity contribution in [2.24, 2.45) is 0 Å². The second-order valence-electron chi connectivity index (χ2n) is 6.96. The quantitative estimate of drug-likeness (QED) is 0.692. The number of hydrogen-bond acceptors (Lipinski definition) is 5. The van der Waals surface area contributed by atoms with Gasteiger partial charge in [-0.3, -0.25) is 9.59 Å². The number of hydrogen-bond donors (Lipinski definition) is 2. The fourth-order valence-electron chi connectivity index (χ4n) is 3.18. The highest BCUT2D eigenvalue weighted by Crippen LogP contribution is 2.21. The normalized spacial score (nSPS) is 14.8. The summed E-state index contributed by atoms with van der Waals surface area (Å²) in [6.45, 7) is 2.92. The van der Waals surface area contributed by atoms with Crippen molar-refractivity contribution in [2.45, 2.75) is 24.8 Å². The second kappa shape index (κ2) is 9.84. The molecule has 0 atom stereocenters. The van der Waals surface area contributed by atoms with Crippen molar-refractivity contribution >= 4 is 27.5 Å². The van der Waals surface area contributed by atoms with E-state index in [1.807, 2.05) is 0 Å². The Morgan fingerprint density at radius 1 is 1.03 bits per heavy atom. The summed E-state index contributed by atoms with van der Waals surface area (Å²) in [4.78, 5) is 23.6. The van der Waals surface area contributed by atoms with Gasteiger partial charge in [0.1, 0.15) is 0 Å². The third-order valence-corrected chi connectivity index (χ3v) is 6.67. The Balaban J connectivity index is 1.63. The monoisotopic (exact) mass is 431 g/mol. The van der Waals surface area contributed by atoms with Crippen LogP contribution in [-0.4, -0.2) is 50.8 Å². The summed E-state index contributed by atoms with van der Waals surface area (Å²) in [5, 5.41) is 5.46. The molecule has 2 amide bonds. The van der Waals surface area contributed by atoms with Crippen molar-refractivity contribution in [3.05, 3.63) is 59.7 Å². The van der Waals surface area contributed by atoms with E-state index >= 15 is 0 Å². The lowest BCUT2D eigenvalue weighted by Crippen LogP contribution is -2.41. The summed E-state index contributed by atoms with van der Waals surface area (Å²) in [6.07, 6.45) is 0.152. The van der Waals surface area contributed by atoms with Crippen molar-refractivity contribution in [1.82, 2.24) is 9.62 Å². The fourth-order valence-corrected chi connectivity index (χ4v) is 4.81. The van der Waals surface area contributed by atoms with Crippen molar-refractivity contribution in [1.29, 1.82) is 0 Å². The maximum absolute atomic E-state index is 13.0. The third kappa shape index (κ3) is 5.65. The molecule has 0 radical (unpaired) electrons. The molecule has 160 valence electrons. The van der Waals surface area contributed by atoms with Crippen LogP contribution in [0.4, 0.5) is 5.69 Å². The Morgan fingerprint density at radius 3 is 2.37 bits per heavy atom. The Labute approximate surface area is 176 Å². The number of sulfonamides is 1. The Bertz CT molecular complexity index is 1000. The number of anilines is 1. The fraction of sp³-hybridized carbons (Fsp3) is 0.333. The van der Waals surface area contributed by atoms with E-state index in [1.165, 1.54) is 11.2 Å². The predicted octanol–water partition coefficient (Wildman–Crippen LogP) is 1.52. The van der Waals surface area contributed by atoms with Crippen LogP contribution in [0.1, 0.15) is 18.1 Å². The molecule has 2 aromatic carbocycles. The number of benzene rings is 2. The Morgan fingerprint density at radius 2 is 1.70 bits per heavy atom. The van der Waals surface area contributed by atoms with E-state index in [0.717, 1.165) is 5.56 Å². The van der Waals surface area contributed by atoms with Crippen LogP contribution in [0, 0.1) is 0 Å². The summed E-state index contributed by atoms with van der Waals surface area (Å²) in [5.74, 6) is -0.382. The third-order valence-electron chi connectivity index (χ3n) is 4.68. The minimum atomic E-state index is -3.65. The van der Waals surface area contributed by atoms with Gasteiger partial charge in [-0.25, -0.2) is 8.42 Å². The van der Waals surface area contributed by atoms with Crippen molar-refractivity contribution in [2.75, 3.05) is 31.6 Å². The second-order valence-corrected chi connectivity index (χ2v) is 8.86. The van der Waals surface area contributed by atoms with E-state index in [4.69, 9.17) is 4.74 Å². The molecular weight excluding hydrogens is 406 g/mol. The summed E-state index contributed by atoms with van der Waals surface area (Å²) in [7, 11) is -3.65. The molecule has 0 aromatic heterocycles. The van der Waals surface area contributed by atoms with Gasteiger partial charge in [0.25, 0.3) is 0 Å². The first-order valence-corrected chi connectivity index (χ1v) is 11.1. The standard InChI is InChI=1S/C21H25N3O5S/c1-16(25)23-19-8-6-17(7-9-19)14-21(26)22-15-18-4-2-3-5-20(18)30(27,28)24-10-12-29-13-11-24/h2-9H,10-15H2,1H3,(H,22,26)(H,23,25). The highest BCUT2D eigenvalue weighted by molar-refractivity contribution is 7.89. The molecule has 1 heterocycles. The van der Waals surface area contributed by atoms with Crippen molar-refractivity contribution in [3.8, 4) is 0 Å². The number of nitrogens with one attached hydrogen (secondary N) is 2. The first-order valence-electron chi connectivity index (χ1n) is 9.65. The molecule has 1 saturated heterocycles. The number of rotatable bonds is 7. The van der Waals surface area contributed by atoms with E-state index in [0.29, 0.717) is 37.6 Å². The minimum absolute atomic E-state index is 0.114. The van der Waals surface area contributed by atoms with Gasteiger partial charge in [0.2, 0.25) is 21.8 Å². The Kier molecular flexibility index (Phi) is 7.20. The molecule has 0 spiro atoms. The van der Waals surface area contributed by atoms with Crippen LogP contribution in [0.5, 0.6) is 0 Å². The molecule has 1 aliphatic heterocycles. The molecule has 1 aliphatic rings. The van der Waals surface area contributed by atoms with Gasteiger partial charge in [-0.2, -0.15) is 4.31 Å². The van der Waals surface area contributed by atoms with E-state index < -0.39 is 10.0 Å². The zero-order valence-electron chi connectivity index (χ0n) is 16.8. The van der Waals surface area contributed by atoms with E-state index in [-0.39, 0.29) is 29.7 Å². The van der Waals surface area contributed by atoms with Crippen LogP contribution in [0.2, 0.25) is 0 Å². The number of carbonyl (C=O) groups is 2. The molecular formula is C21H25N3O5S. The highest BCUT2D eigenvalue weighted by Gasteiger charge is 2.28. The van der Waals surface area contributed by atoms with Crippen LogP contribution in [0.25, 0.3) is 0 Å². The first-order chi connectivity index (χ1) is 14.4. The van der Waals surface area contributed by atoms with Gasteiger partial charge in [-0.15, -0.1) is 0 Å². The number of nitrogens with zero attached hydrogens (tertiary/aromatic N) is 1. The zero-order chi connectivity index (χ0) is 21.6. The maximum atomic E-state index is 13.0. The molecule has 8 nitrogen and oxygen atoms in total. The topological polar surface area (TPSA) is 105 Å². The molecule has 2 N–H and O–H groups in total. The van der Waals surface area contributed by atoms with E-state index in [9.17, 15) is 18.0 Å². The van der Waals surface area contributed by atoms with Gasteiger partial charge in [0.05, 0.1) is 24.5 Å². The minimum Gasteiger partial charge on any atom is -0.379 e. The summed E-state index contributed by atoms with van der Waals surface area (Å²) in [6, 6.07) is 13.7. The Hall–Kier alpha value is -2.75. The zero-order valence-corrected chi connectivity index (χ0v) is 17.6. The van der Waals surface area contributed by atoms with Gasteiger partial charge in [0.15, 0.2) is 0 Å². The summed E-state index contributed by atoms with van der Waals surface area (Å²) < 4.78 is 32.6. The lowest BCUT2D eigenvalue weighted by atomic mass is 10.1. The average Bonchev–Trinajstić information content (AvgIpc) is 2.74. The first kappa shape index (κ1) is 21.9. The number of morpholine rings is 1. The van der Waals surface area contributed by atoms with Gasteiger partial charge >= 0.3 is 0 Å². The van der Waals surface area contributed by atoms with Crippen molar-refractivity contribution in [3.63, 3.8) is 0 Å². The lowest BCUT2D eigenvalue weighted by Gasteiger charge is -2.27. The average molecular weight is 432 g/mol. The molecule has 2 aromatic rings. The molecule has 30 heavy (non-hydrogen) atoms. The maximum Gasteiger partial charge on any atom is 0.243 e. The molecule has 0 bridgehead atoms. The number of amides is 2. The molecule has 0 aliphatic carbocycles. The molecule has 0 saturated carbocycles. The van der Waals surface area contributed by atoms with Crippen LogP contribution >= 0.6 is 0 Å². The molecule has 3 rings (SSSR count). The van der Waals surface area contributed by atoms with E-state index in [2.05, 4.69) is 10.6 Å². The lowest BCUT2D eigenvalue weighted by molar-refractivity contribution is -0.120. The SMILES string of the molecule is CC(=O)Nc1ccc(CC(=O)NCc2ccccc2S(=O)(=O)N2CCOCC2)cc1. The van der Waals surface area contributed by atoms with Crippen molar-refractivity contribution < 1.29 is 22.7 Å². The van der Waals surface area contributed by atoms with Crippen LogP contribution < -0.4 is 10.6 Å². The highest BCUT2D eigenvalue weighted by atomic mass is 32.2. The van der Waals surface area contributed by atoms with Crippen LogP contribution in [-0.2, 0) is 37.3 Å². The summed E-state index contributed by atoms with van der Waals surface area (Å²) >= 11 is 0. The van der Waals surface area contributed by atoms with E-state index in [1.54, 1.807) is 48.5 Å². The van der Waals surface area contributed by atoms with Gasteiger partial charge in [-0.05, 0) is 29.3 Å². The molecule has 9 heteroatoms. The largest absolute Gasteiger partial charge is 0.379 e. The van der Waals surface area contributed by atoms with Gasteiger partial charge < -0.3 is 15.4 Å².